The fourth-order valence-electron chi connectivity index (χ4n) is 2.13. The number of rotatable bonds is 6. The molecule has 1 aliphatic carbocycles. The van der Waals surface area contributed by atoms with Gasteiger partial charge in [0.25, 0.3) is 0 Å². The van der Waals surface area contributed by atoms with Gasteiger partial charge in [-0.3, -0.25) is 0 Å². The van der Waals surface area contributed by atoms with Gasteiger partial charge >= 0.3 is 0 Å². The molecule has 0 aromatic heterocycles. The molecule has 17 heavy (non-hydrogen) atoms. The predicted molar refractivity (Wildman–Crippen MR) is 71.2 cm³/mol. The predicted octanol–water partition coefficient (Wildman–Crippen LogP) is 3.01. The van der Waals surface area contributed by atoms with E-state index < -0.39 is 6.10 Å². The van der Waals surface area contributed by atoms with Gasteiger partial charge in [-0.05, 0) is 37.3 Å². The van der Waals surface area contributed by atoms with Crippen LogP contribution in [0, 0.1) is 11.8 Å². The first-order valence-electron chi connectivity index (χ1n) is 6.31. The Hall–Kier alpha value is -0.570. The summed E-state index contributed by atoms with van der Waals surface area (Å²) in [4.78, 5) is 0. The van der Waals surface area contributed by atoms with Crippen LogP contribution < -0.4 is 5.32 Å². The van der Waals surface area contributed by atoms with Crippen LogP contribution in [0.25, 0.3) is 0 Å². The van der Waals surface area contributed by atoms with Crippen molar-refractivity contribution in [3.05, 3.63) is 34.9 Å². The monoisotopic (exact) mass is 253 g/mol. The molecule has 2 N–H and O–H groups in total. The van der Waals surface area contributed by atoms with Gasteiger partial charge < -0.3 is 10.4 Å². The van der Waals surface area contributed by atoms with Crippen LogP contribution in [0.4, 0.5) is 0 Å². The smallest absolute Gasteiger partial charge is 0.0928 e. The lowest BCUT2D eigenvalue weighted by molar-refractivity contribution is 0.172. The molecule has 0 aliphatic heterocycles. The molecule has 0 amide bonds. The van der Waals surface area contributed by atoms with Crippen molar-refractivity contribution in [2.45, 2.75) is 25.9 Å². The summed E-state index contributed by atoms with van der Waals surface area (Å²) in [6, 6.07) is 7.46. The van der Waals surface area contributed by atoms with Crippen molar-refractivity contribution in [1.29, 1.82) is 0 Å². The zero-order chi connectivity index (χ0) is 12.3. The Morgan fingerprint density at radius 1 is 1.35 bits per heavy atom. The summed E-state index contributed by atoms with van der Waals surface area (Å²) < 4.78 is 0. The lowest BCUT2D eigenvalue weighted by atomic mass is 10.1. The molecule has 0 bridgehead atoms. The molecule has 0 saturated heterocycles. The van der Waals surface area contributed by atoms with Gasteiger partial charge in [-0.15, -0.1) is 0 Å². The van der Waals surface area contributed by atoms with E-state index in [-0.39, 0.29) is 0 Å². The highest BCUT2D eigenvalue weighted by Crippen LogP contribution is 2.36. The van der Waals surface area contributed by atoms with Gasteiger partial charge in [0.15, 0.2) is 0 Å². The number of halogens is 1. The number of hydrogen-bond acceptors (Lipinski definition) is 2. The first-order chi connectivity index (χ1) is 8.18. The topological polar surface area (TPSA) is 32.3 Å². The molecule has 1 fully saturated rings. The average molecular weight is 254 g/mol. The molecule has 2 atom stereocenters. The molecule has 2 nitrogen and oxygen atoms in total. The van der Waals surface area contributed by atoms with E-state index in [4.69, 9.17) is 11.6 Å². The van der Waals surface area contributed by atoms with Gasteiger partial charge in [-0.2, -0.15) is 0 Å². The first-order valence-corrected chi connectivity index (χ1v) is 6.69. The van der Waals surface area contributed by atoms with Crippen LogP contribution in [0.3, 0.4) is 0 Å². The Labute approximate surface area is 108 Å². The number of benzene rings is 1. The molecule has 1 aliphatic rings. The number of aliphatic hydroxyl groups is 1. The molecule has 94 valence electrons. The van der Waals surface area contributed by atoms with Crippen LogP contribution in [-0.2, 0) is 0 Å². The second-order valence-corrected chi connectivity index (χ2v) is 5.42. The zero-order valence-electron chi connectivity index (χ0n) is 10.2. The van der Waals surface area contributed by atoms with Crippen molar-refractivity contribution in [2.24, 2.45) is 11.8 Å². The summed E-state index contributed by atoms with van der Waals surface area (Å²) in [5, 5.41) is 14.0. The summed E-state index contributed by atoms with van der Waals surface area (Å²) in [5.41, 5.74) is 0.806. The van der Waals surface area contributed by atoms with Crippen LogP contribution in [0.1, 0.15) is 31.4 Å². The van der Waals surface area contributed by atoms with E-state index in [0.29, 0.717) is 17.5 Å². The van der Waals surface area contributed by atoms with Gasteiger partial charge in [0.05, 0.1) is 6.10 Å². The van der Waals surface area contributed by atoms with Gasteiger partial charge in [0.1, 0.15) is 0 Å². The second kappa shape index (κ2) is 5.85. The lowest BCUT2D eigenvalue weighted by Crippen LogP contribution is -2.27. The highest BCUT2D eigenvalue weighted by Gasteiger charge is 2.27. The maximum Gasteiger partial charge on any atom is 0.0928 e. The Kier molecular flexibility index (Phi) is 4.43. The summed E-state index contributed by atoms with van der Waals surface area (Å²) >= 11 is 6.03. The molecule has 0 spiro atoms. The van der Waals surface area contributed by atoms with Crippen LogP contribution in [0.5, 0.6) is 0 Å². The van der Waals surface area contributed by atoms with Crippen molar-refractivity contribution in [3.8, 4) is 0 Å². The summed E-state index contributed by atoms with van der Waals surface area (Å²) in [6.45, 7) is 3.82. The average Bonchev–Trinajstić information content (AvgIpc) is 3.13. The fraction of sp³-hybridized carbons (Fsp3) is 0.571. The molecule has 2 unspecified atom stereocenters. The van der Waals surface area contributed by atoms with Crippen molar-refractivity contribution in [3.63, 3.8) is 0 Å². The van der Waals surface area contributed by atoms with Crippen molar-refractivity contribution < 1.29 is 5.11 Å². The highest BCUT2D eigenvalue weighted by molar-refractivity contribution is 6.31. The Morgan fingerprint density at radius 3 is 2.71 bits per heavy atom. The van der Waals surface area contributed by atoms with Gasteiger partial charge in [-0.1, -0.05) is 36.7 Å². The van der Waals surface area contributed by atoms with E-state index in [1.807, 2.05) is 24.3 Å². The second-order valence-electron chi connectivity index (χ2n) is 5.01. The quantitative estimate of drug-likeness (QED) is 0.817. The first kappa shape index (κ1) is 12.9. The molecule has 1 aromatic rings. The van der Waals surface area contributed by atoms with Crippen LogP contribution >= 0.6 is 11.6 Å². The van der Waals surface area contributed by atoms with E-state index in [1.165, 1.54) is 12.8 Å². The van der Waals surface area contributed by atoms with Gasteiger partial charge in [0, 0.05) is 17.1 Å². The van der Waals surface area contributed by atoms with Crippen LogP contribution in [0.15, 0.2) is 24.3 Å². The number of hydrogen-bond donors (Lipinski definition) is 2. The molecular formula is C14H20ClNO. The maximum atomic E-state index is 10.0. The van der Waals surface area contributed by atoms with E-state index in [9.17, 15) is 5.11 Å². The normalized spacial score (nSPS) is 19.0. The third-order valence-electron chi connectivity index (χ3n) is 3.49. The van der Waals surface area contributed by atoms with Gasteiger partial charge in [-0.25, -0.2) is 0 Å². The molecule has 2 rings (SSSR count). The molecule has 0 heterocycles. The SMILES string of the molecule is CC(CNCC(O)c1ccccc1Cl)C1CC1. The Balaban J connectivity index is 1.76. The van der Waals surface area contributed by atoms with Crippen molar-refractivity contribution in [2.75, 3.05) is 13.1 Å². The zero-order valence-corrected chi connectivity index (χ0v) is 11.0. The van der Waals surface area contributed by atoms with E-state index in [2.05, 4.69) is 12.2 Å². The number of nitrogens with one attached hydrogen (secondary N) is 1. The summed E-state index contributed by atoms with van der Waals surface area (Å²) in [6.07, 6.45) is 2.22. The van der Waals surface area contributed by atoms with E-state index in [0.717, 1.165) is 18.0 Å². The third-order valence-corrected chi connectivity index (χ3v) is 3.84. The van der Waals surface area contributed by atoms with Crippen LogP contribution in [-0.4, -0.2) is 18.2 Å². The number of aliphatic hydroxyl groups excluding tert-OH is 1. The minimum absolute atomic E-state index is 0.518. The van der Waals surface area contributed by atoms with Gasteiger partial charge in [0.2, 0.25) is 0 Å². The molecule has 1 saturated carbocycles. The lowest BCUT2D eigenvalue weighted by Gasteiger charge is -2.16. The van der Waals surface area contributed by atoms with E-state index >= 15 is 0 Å². The standard InChI is InChI=1S/C14H20ClNO/c1-10(11-6-7-11)8-16-9-14(17)12-4-2-3-5-13(12)15/h2-5,10-11,14,16-17H,6-9H2,1H3. The maximum absolute atomic E-state index is 10.0. The largest absolute Gasteiger partial charge is 0.387 e. The fourth-order valence-corrected chi connectivity index (χ4v) is 2.40. The summed E-state index contributed by atoms with van der Waals surface area (Å²) in [7, 11) is 0. The van der Waals surface area contributed by atoms with E-state index in [1.54, 1.807) is 0 Å². The van der Waals surface area contributed by atoms with Crippen molar-refractivity contribution >= 4 is 11.6 Å². The highest BCUT2D eigenvalue weighted by atomic mass is 35.5. The Bertz CT molecular complexity index is 365. The third kappa shape index (κ3) is 3.70. The molecule has 3 heteroatoms. The molecular weight excluding hydrogens is 234 g/mol. The minimum atomic E-state index is -0.518. The summed E-state index contributed by atoms with van der Waals surface area (Å²) in [5.74, 6) is 1.62. The van der Waals surface area contributed by atoms with Crippen LogP contribution in [0.2, 0.25) is 5.02 Å². The van der Waals surface area contributed by atoms with Crippen molar-refractivity contribution in [1.82, 2.24) is 5.32 Å². The Morgan fingerprint density at radius 2 is 2.06 bits per heavy atom. The molecule has 0 radical (unpaired) electrons. The molecule has 1 aromatic carbocycles. The minimum Gasteiger partial charge on any atom is -0.387 e.